The smallest absolute Gasteiger partial charge is 0.309 e. The highest BCUT2D eigenvalue weighted by Gasteiger charge is 2.38. The summed E-state index contributed by atoms with van der Waals surface area (Å²) in [5.41, 5.74) is 1.17. The van der Waals surface area contributed by atoms with Gasteiger partial charge in [0.2, 0.25) is 10.0 Å². The van der Waals surface area contributed by atoms with Gasteiger partial charge in [0.05, 0.1) is 18.4 Å². The van der Waals surface area contributed by atoms with E-state index in [9.17, 15) is 18.0 Å². The molecule has 2 N–H and O–H groups in total. The van der Waals surface area contributed by atoms with Crippen LogP contribution in [0.4, 0.5) is 0 Å². The van der Waals surface area contributed by atoms with Crippen LogP contribution in [0.1, 0.15) is 17.2 Å². The average molecular weight is 351 g/mol. The molecule has 24 heavy (non-hydrogen) atoms. The summed E-state index contributed by atoms with van der Waals surface area (Å²) in [4.78, 5) is 22.5. The van der Waals surface area contributed by atoms with Crippen molar-refractivity contribution in [3.8, 4) is 0 Å². The van der Waals surface area contributed by atoms with Crippen molar-refractivity contribution in [3.63, 3.8) is 0 Å². The number of aromatic amines is 2. The number of hydrogen-bond acceptors (Lipinski definition) is 5. The largest absolute Gasteiger partial charge is 0.469 e. The number of carbonyl (C=O) groups is 1. The third kappa shape index (κ3) is 3.13. The summed E-state index contributed by atoms with van der Waals surface area (Å²) in [5, 5.41) is 5.19. The zero-order chi connectivity index (χ0) is 17.3. The summed E-state index contributed by atoms with van der Waals surface area (Å²) >= 11 is 0. The molecule has 1 saturated heterocycles. The lowest BCUT2D eigenvalue weighted by atomic mass is 10.00. The van der Waals surface area contributed by atoms with E-state index in [0.717, 1.165) is 0 Å². The van der Waals surface area contributed by atoms with Crippen LogP contribution in [0.5, 0.6) is 0 Å². The number of esters is 1. The Labute approximate surface area is 138 Å². The highest BCUT2D eigenvalue weighted by molar-refractivity contribution is 7.89. The van der Waals surface area contributed by atoms with Crippen molar-refractivity contribution in [2.45, 2.75) is 17.2 Å². The molecule has 0 amide bonds. The minimum absolute atomic E-state index is 0.0164. The molecular weight excluding hydrogens is 334 g/mol. The number of nitrogens with zero attached hydrogens (tertiary/aromatic N) is 1. The van der Waals surface area contributed by atoms with Crippen LogP contribution in [0.2, 0.25) is 0 Å². The number of methoxy groups -OCH3 is 1. The molecule has 0 bridgehead atoms. The second-order valence-corrected chi connectivity index (χ2v) is 7.57. The Kier molecular flexibility index (Phi) is 4.29. The average Bonchev–Trinajstić information content (AvgIpc) is 2.92. The zero-order valence-electron chi connectivity index (χ0n) is 13.0. The Hall–Kier alpha value is -2.39. The molecule has 0 atom stereocenters. The van der Waals surface area contributed by atoms with Gasteiger partial charge in [-0.2, -0.15) is 4.31 Å². The van der Waals surface area contributed by atoms with E-state index in [1.807, 2.05) is 0 Å². The second-order valence-electron chi connectivity index (χ2n) is 5.63. The van der Waals surface area contributed by atoms with E-state index in [4.69, 9.17) is 0 Å². The van der Waals surface area contributed by atoms with Crippen LogP contribution in [0.25, 0.3) is 0 Å². The molecule has 3 rings (SSSR count). The molecule has 0 aliphatic carbocycles. The van der Waals surface area contributed by atoms with Crippen LogP contribution >= 0.6 is 0 Å². The lowest BCUT2D eigenvalue weighted by Gasteiger charge is -2.37. The Balaban J connectivity index is 1.68. The van der Waals surface area contributed by atoms with Gasteiger partial charge in [0, 0.05) is 30.8 Å². The number of sulfonamides is 1. The molecule has 128 valence electrons. The first-order valence-electron chi connectivity index (χ1n) is 7.33. The van der Waals surface area contributed by atoms with Crippen LogP contribution in [0.3, 0.4) is 0 Å². The standard InChI is InChI=1S/C15H17N3O5S/c1-23-15(20)6-10-2-4-12(5-3-10)24(21,22)18-8-11(9-18)13-7-14(19)17-16-13/h2-5,7,11H,6,8-9H2,1H3,(H2,16,17,19). The zero-order valence-corrected chi connectivity index (χ0v) is 13.8. The maximum absolute atomic E-state index is 12.5. The van der Waals surface area contributed by atoms with Gasteiger partial charge in [0.1, 0.15) is 0 Å². The van der Waals surface area contributed by atoms with Gasteiger partial charge in [-0.05, 0) is 17.7 Å². The fourth-order valence-electron chi connectivity index (χ4n) is 2.57. The van der Waals surface area contributed by atoms with Gasteiger partial charge >= 0.3 is 5.97 Å². The molecule has 8 nitrogen and oxygen atoms in total. The number of aromatic nitrogens is 2. The third-order valence-electron chi connectivity index (χ3n) is 4.04. The minimum atomic E-state index is -3.57. The number of carbonyl (C=O) groups excluding carboxylic acids is 1. The van der Waals surface area contributed by atoms with Crippen molar-refractivity contribution >= 4 is 16.0 Å². The number of nitrogens with one attached hydrogen (secondary N) is 2. The van der Waals surface area contributed by atoms with E-state index in [1.54, 1.807) is 12.1 Å². The molecule has 0 unspecified atom stereocenters. The van der Waals surface area contributed by atoms with Crippen LogP contribution in [-0.2, 0) is 26.0 Å². The molecule has 1 aromatic heterocycles. The molecule has 0 spiro atoms. The van der Waals surface area contributed by atoms with Crippen molar-refractivity contribution in [1.82, 2.24) is 14.5 Å². The number of H-pyrrole nitrogens is 2. The van der Waals surface area contributed by atoms with Gasteiger partial charge in [0.15, 0.2) is 0 Å². The molecule has 2 heterocycles. The van der Waals surface area contributed by atoms with Crippen molar-refractivity contribution in [1.29, 1.82) is 0 Å². The van der Waals surface area contributed by atoms with Gasteiger partial charge in [-0.15, -0.1) is 0 Å². The van der Waals surface area contributed by atoms with Gasteiger partial charge in [0.25, 0.3) is 5.56 Å². The predicted molar refractivity (Wildman–Crippen MR) is 85.1 cm³/mol. The van der Waals surface area contributed by atoms with E-state index in [-0.39, 0.29) is 28.8 Å². The van der Waals surface area contributed by atoms with E-state index >= 15 is 0 Å². The molecular formula is C15H17N3O5S. The van der Waals surface area contributed by atoms with Crippen LogP contribution in [0.15, 0.2) is 40.0 Å². The summed E-state index contributed by atoms with van der Waals surface area (Å²) in [7, 11) is -2.27. The SMILES string of the molecule is COC(=O)Cc1ccc(S(=O)(=O)N2CC(c3cc(=O)[nH][nH]3)C2)cc1. The normalized spacial score (nSPS) is 15.9. The number of hydrogen-bond donors (Lipinski definition) is 2. The van der Waals surface area contributed by atoms with E-state index in [0.29, 0.717) is 24.3 Å². The molecule has 0 radical (unpaired) electrons. The molecule has 1 aliphatic heterocycles. The maximum Gasteiger partial charge on any atom is 0.309 e. The van der Waals surface area contributed by atoms with E-state index in [1.165, 1.54) is 29.6 Å². The fourth-order valence-corrected chi connectivity index (χ4v) is 4.10. The van der Waals surface area contributed by atoms with Crippen LogP contribution in [0, 0.1) is 0 Å². The van der Waals surface area contributed by atoms with Gasteiger partial charge in [-0.3, -0.25) is 14.7 Å². The van der Waals surface area contributed by atoms with Gasteiger partial charge < -0.3 is 9.84 Å². The Bertz CT molecular complexity index is 892. The second kappa shape index (κ2) is 6.25. The van der Waals surface area contributed by atoms with E-state index in [2.05, 4.69) is 14.9 Å². The van der Waals surface area contributed by atoms with Crippen molar-refractivity contribution in [2.24, 2.45) is 0 Å². The van der Waals surface area contributed by atoms with E-state index < -0.39 is 10.0 Å². The molecule has 2 aromatic rings. The molecule has 1 fully saturated rings. The lowest BCUT2D eigenvalue weighted by Crippen LogP contribution is -2.48. The molecule has 9 heteroatoms. The fraction of sp³-hybridized carbons (Fsp3) is 0.333. The number of rotatable bonds is 5. The van der Waals surface area contributed by atoms with Crippen molar-refractivity contribution < 1.29 is 17.9 Å². The molecule has 0 saturated carbocycles. The summed E-state index contributed by atoms with van der Waals surface area (Å²) in [6.45, 7) is 0.639. The lowest BCUT2D eigenvalue weighted by molar-refractivity contribution is -0.139. The van der Waals surface area contributed by atoms with Crippen molar-refractivity contribution in [3.05, 3.63) is 51.9 Å². The summed E-state index contributed by atoms with van der Waals surface area (Å²) in [6, 6.07) is 7.61. The Morgan fingerprint density at radius 1 is 1.25 bits per heavy atom. The monoisotopic (exact) mass is 351 g/mol. The number of benzene rings is 1. The predicted octanol–water partition coefficient (Wildman–Crippen LogP) is 0.207. The van der Waals surface area contributed by atoms with Crippen LogP contribution < -0.4 is 5.56 Å². The summed E-state index contributed by atoms with van der Waals surface area (Å²) < 4.78 is 31.0. The quantitative estimate of drug-likeness (QED) is 0.748. The minimum Gasteiger partial charge on any atom is -0.469 e. The highest BCUT2D eigenvalue weighted by atomic mass is 32.2. The first-order valence-corrected chi connectivity index (χ1v) is 8.77. The van der Waals surface area contributed by atoms with Crippen LogP contribution in [-0.4, -0.2) is 49.1 Å². The highest BCUT2D eigenvalue weighted by Crippen LogP contribution is 2.30. The van der Waals surface area contributed by atoms with Gasteiger partial charge in [-0.1, -0.05) is 12.1 Å². The maximum atomic E-state index is 12.5. The third-order valence-corrected chi connectivity index (χ3v) is 5.89. The number of ether oxygens (including phenoxy) is 1. The molecule has 1 aliphatic rings. The van der Waals surface area contributed by atoms with Gasteiger partial charge in [-0.25, -0.2) is 8.42 Å². The molecule has 1 aromatic carbocycles. The summed E-state index contributed by atoms with van der Waals surface area (Å²) in [6.07, 6.45) is 0.101. The topological polar surface area (TPSA) is 112 Å². The Morgan fingerprint density at radius 2 is 1.92 bits per heavy atom. The summed E-state index contributed by atoms with van der Waals surface area (Å²) in [5.74, 6) is -0.394. The Morgan fingerprint density at radius 3 is 2.46 bits per heavy atom. The first kappa shape index (κ1) is 16.5. The first-order chi connectivity index (χ1) is 11.4. The van der Waals surface area contributed by atoms with Crippen molar-refractivity contribution in [2.75, 3.05) is 20.2 Å².